The molecular formula is C24H20Cl2FNO4. The average molecular weight is 476 g/mol. The van der Waals surface area contributed by atoms with Crippen LogP contribution in [-0.2, 0) is 4.74 Å². The summed E-state index contributed by atoms with van der Waals surface area (Å²) in [5.41, 5.74) is 4.37. The van der Waals surface area contributed by atoms with E-state index >= 15 is 0 Å². The number of aliphatic hydroxyl groups is 2. The zero-order chi connectivity index (χ0) is 22.8. The van der Waals surface area contributed by atoms with E-state index in [1.54, 1.807) is 0 Å². The summed E-state index contributed by atoms with van der Waals surface area (Å²) in [6, 6.07) is 17.9. The highest BCUT2D eigenvalue weighted by Crippen LogP contribution is 2.44. The SMILES string of the molecule is O=C(NCC(O)C(O)c1c(Cl)cc(F)cc1Cl)OCC1c2ccccc2-c2ccccc21. The lowest BCUT2D eigenvalue weighted by atomic mass is 9.98. The monoisotopic (exact) mass is 475 g/mol. The van der Waals surface area contributed by atoms with E-state index in [4.69, 9.17) is 27.9 Å². The molecule has 0 aromatic heterocycles. The zero-order valence-corrected chi connectivity index (χ0v) is 18.3. The Bertz CT molecular complexity index is 1090. The first-order valence-corrected chi connectivity index (χ1v) is 10.7. The summed E-state index contributed by atoms with van der Waals surface area (Å²) in [5.74, 6) is -0.761. The normalized spacial score (nSPS) is 14.4. The molecule has 1 aliphatic carbocycles. The van der Waals surface area contributed by atoms with Gasteiger partial charge in [-0.3, -0.25) is 0 Å². The Kier molecular flexibility index (Phi) is 6.67. The number of aliphatic hydroxyl groups excluding tert-OH is 2. The predicted molar refractivity (Wildman–Crippen MR) is 120 cm³/mol. The molecule has 32 heavy (non-hydrogen) atoms. The molecule has 3 aromatic carbocycles. The number of amides is 1. The molecule has 0 radical (unpaired) electrons. The number of ether oxygens (including phenoxy) is 1. The molecule has 1 aliphatic rings. The van der Waals surface area contributed by atoms with Crippen molar-refractivity contribution in [2.45, 2.75) is 18.1 Å². The fraction of sp³-hybridized carbons (Fsp3) is 0.208. The van der Waals surface area contributed by atoms with Gasteiger partial charge in [-0.05, 0) is 34.4 Å². The minimum Gasteiger partial charge on any atom is -0.449 e. The van der Waals surface area contributed by atoms with E-state index in [1.165, 1.54) is 0 Å². The number of hydrogen-bond donors (Lipinski definition) is 3. The van der Waals surface area contributed by atoms with Crippen molar-refractivity contribution in [1.29, 1.82) is 0 Å². The molecule has 0 saturated carbocycles. The largest absolute Gasteiger partial charge is 0.449 e. The van der Waals surface area contributed by atoms with Gasteiger partial charge in [0.15, 0.2) is 0 Å². The van der Waals surface area contributed by atoms with E-state index in [2.05, 4.69) is 5.32 Å². The number of carbonyl (C=O) groups is 1. The Balaban J connectivity index is 1.36. The molecule has 166 valence electrons. The van der Waals surface area contributed by atoms with Gasteiger partial charge in [-0.1, -0.05) is 71.7 Å². The van der Waals surface area contributed by atoms with Gasteiger partial charge in [0, 0.05) is 18.0 Å². The van der Waals surface area contributed by atoms with Crippen molar-refractivity contribution in [3.05, 3.63) is 93.2 Å². The van der Waals surface area contributed by atoms with Gasteiger partial charge in [0.25, 0.3) is 0 Å². The molecule has 0 aliphatic heterocycles. The smallest absolute Gasteiger partial charge is 0.407 e. The maximum atomic E-state index is 13.3. The molecule has 4 rings (SSSR count). The molecule has 0 spiro atoms. The maximum absolute atomic E-state index is 13.3. The van der Waals surface area contributed by atoms with Crippen LogP contribution in [0, 0.1) is 5.82 Å². The Morgan fingerprint density at radius 1 is 1.00 bits per heavy atom. The molecule has 3 N–H and O–H groups in total. The molecular weight excluding hydrogens is 456 g/mol. The molecule has 0 saturated heterocycles. The Morgan fingerprint density at radius 3 is 2.09 bits per heavy atom. The summed E-state index contributed by atoms with van der Waals surface area (Å²) in [4.78, 5) is 12.2. The molecule has 5 nitrogen and oxygen atoms in total. The summed E-state index contributed by atoms with van der Waals surface area (Å²) in [7, 11) is 0. The Hall–Kier alpha value is -2.64. The van der Waals surface area contributed by atoms with Crippen molar-refractivity contribution in [3.8, 4) is 11.1 Å². The minimum atomic E-state index is -1.52. The van der Waals surface area contributed by atoms with Crippen LogP contribution in [0.15, 0.2) is 60.7 Å². The Labute approximate surface area is 194 Å². The molecule has 2 atom stereocenters. The van der Waals surface area contributed by atoms with Gasteiger partial charge in [0.05, 0.1) is 10.0 Å². The number of carbonyl (C=O) groups excluding carboxylic acids is 1. The first-order valence-electron chi connectivity index (χ1n) is 9.96. The zero-order valence-electron chi connectivity index (χ0n) is 16.8. The first-order chi connectivity index (χ1) is 15.4. The third-order valence-electron chi connectivity index (χ3n) is 5.50. The van der Waals surface area contributed by atoms with Gasteiger partial charge in [0.1, 0.15) is 24.6 Å². The topological polar surface area (TPSA) is 78.8 Å². The van der Waals surface area contributed by atoms with Gasteiger partial charge in [-0.2, -0.15) is 0 Å². The number of halogens is 3. The summed E-state index contributed by atoms with van der Waals surface area (Å²) >= 11 is 11.9. The molecule has 3 aromatic rings. The summed E-state index contributed by atoms with van der Waals surface area (Å²) in [6.07, 6.45) is -3.70. The van der Waals surface area contributed by atoms with Crippen molar-refractivity contribution in [3.63, 3.8) is 0 Å². The van der Waals surface area contributed by atoms with Gasteiger partial charge in [0.2, 0.25) is 0 Å². The van der Waals surface area contributed by atoms with E-state index in [1.807, 2.05) is 48.5 Å². The van der Waals surface area contributed by atoms with E-state index in [9.17, 15) is 19.4 Å². The lowest BCUT2D eigenvalue weighted by Crippen LogP contribution is -2.36. The second-order valence-electron chi connectivity index (χ2n) is 7.50. The van der Waals surface area contributed by atoms with Crippen LogP contribution in [0.2, 0.25) is 10.0 Å². The third-order valence-corrected chi connectivity index (χ3v) is 6.13. The van der Waals surface area contributed by atoms with Gasteiger partial charge in [-0.15, -0.1) is 0 Å². The van der Waals surface area contributed by atoms with E-state index in [0.29, 0.717) is 0 Å². The second kappa shape index (κ2) is 9.46. The van der Waals surface area contributed by atoms with E-state index < -0.39 is 24.1 Å². The van der Waals surface area contributed by atoms with Crippen LogP contribution in [-0.4, -0.2) is 35.6 Å². The van der Waals surface area contributed by atoms with Gasteiger partial charge in [-0.25, -0.2) is 9.18 Å². The number of nitrogens with one attached hydrogen (secondary N) is 1. The Morgan fingerprint density at radius 2 is 1.53 bits per heavy atom. The molecule has 0 fully saturated rings. The van der Waals surface area contributed by atoms with Gasteiger partial charge >= 0.3 is 6.09 Å². The van der Waals surface area contributed by atoms with Crippen molar-refractivity contribution in [1.82, 2.24) is 5.32 Å². The van der Waals surface area contributed by atoms with Crippen LogP contribution in [0.1, 0.15) is 28.7 Å². The lowest BCUT2D eigenvalue weighted by molar-refractivity contribution is 0.0186. The van der Waals surface area contributed by atoms with Crippen molar-refractivity contribution >= 4 is 29.3 Å². The standard InChI is InChI=1S/C24H20Cl2FNO4/c25-19-9-13(27)10-20(26)22(19)23(30)21(29)11-28-24(31)32-12-18-16-7-3-1-5-14(16)15-6-2-4-8-17(15)18/h1-10,18,21,23,29-30H,11-12H2,(H,28,31). The lowest BCUT2D eigenvalue weighted by Gasteiger charge is -2.21. The molecule has 8 heteroatoms. The van der Waals surface area contributed by atoms with Crippen molar-refractivity contribution < 1.29 is 24.1 Å². The number of alkyl carbamates (subject to hydrolysis) is 1. The van der Waals surface area contributed by atoms with Crippen LogP contribution in [0.4, 0.5) is 9.18 Å². The summed E-state index contributed by atoms with van der Waals surface area (Å²) in [6.45, 7) is -0.198. The van der Waals surface area contributed by atoms with E-state index in [-0.39, 0.29) is 34.7 Å². The minimum absolute atomic E-state index is 0.0171. The number of benzene rings is 3. The fourth-order valence-electron chi connectivity index (χ4n) is 3.98. The molecule has 0 heterocycles. The van der Waals surface area contributed by atoms with Crippen LogP contribution in [0.25, 0.3) is 11.1 Å². The maximum Gasteiger partial charge on any atom is 0.407 e. The second-order valence-corrected chi connectivity index (χ2v) is 8.32. The van der Waals surface area contributed by atoms with Crippen molar-refractivity contribution in [2.24, 2.45) is 0 Å². The quantitative estimate of drug-likeness (QED) is 0.465. The summed E-state index contributed by atoms with van der Waals surface area (Å²) in [5, 5.41) is 22.8. The average Bonchev–Trinajstić information content (AvgIpc) is 3.09. The summed E-state index contributed by atoms with van der Waals surface area (Å²) < 4.78 is 18.7. The van der Waals surface area contributed by atoms with Crippen LogP contribution in [0.5, 0.6) is 0 Å². The molecule has 1 amide bonds. The highest BCUT2D eigenvalue weighted by atomic mass is 35.5. The number of fused-ring (bicyclic) bond motifs is 3. The van der Waals surface area contributed by atoms with E-state index in [0.717, 1.165) is 34.4 Å². The van der Waals surface area contributed by atoms with Crippen LogP contribution >= 0.6 is 23.2 Å². The highest BCUT2D eigenvalue weighted by Gasteiger charge is 2.29. The number of hydrogen-bond acceptors (Lipinski definition) is 4. The van der Waals surface area contributed by atoms with Crippen LogP contribution in [0.3, 0.4) is 0 Å². The third kappa shape index (κ3) is 4.45. The number of rotatable bonds is 6. The first kappa shape index (κ1) is 22.6. The fourth-order valence-corrected chi connectivity index (χ4v) is 4.66. The van der Waals surface area contributed by atoms with Crippen LogP contribution < -0.4 is 5.32 Å². The predicted octanol–water partition coefficient (Wildman–Crippen LogP) is 5.07. The molecule has 0 bridgehead atoms. The van der Waals surface area contributed by atoms with Gasteiger partial charge < -0.3 is 20.3 Å². The molecule has 2 unspecified atom stereocenters. The van der Waals surface area contributed by atoms with Crippen molar-refractivity contribution in [2.75, 3.05) is 13.2 Å². The highest BCUT2D eigenvalue weighted by molar-refractivity contribution is 6.36.